The molecule has 0 radical (unpaired) electrons. The van der Waals surface area contributed by atoms with Crippen LogP contribution in [-0.2, 0) is 0 Å². The Morgan fingerprint density at radius 2 is 2.18 bits per heavy atom. The molecule has 0 aliphatic rings. The van der Waals surface area contributed by atoms with Crippen LogP contribution in [0.2, 0.25) is 0 Å². The molecule has 0 spiro atoms. The van der Waals surface area contributed by atoms with Gasteiger partial charge in [0, 0.05) is 12.3 Å². The molecule has 1 heterocycles. The maximum atomic E-state index is 13.4. The lowest BCUT2D eigenvalue weighted by Crippen LogP contribution is -1.92. The molecule has 0 fully saturated rings. The molecule has 0 aliphatic carbocycles. The molecule has 1 aromatic heterocycles. The SMILES string of the molecule is O=[N+]([O-])c1ccc(Oc2cccnc2)c(F)c1. The van der Waals surface area contributed by atoms with Crippen LogP contribution >= 0.6 is 0 Å². The van der Waals surface area contributed by atoms with Crippen LogP contribution < -0.4 is 4.74 Å². The van der Waals surface area contributed by atoms with Crippen LogP contribution in [-0.4, -0.2) is 9.91 Å². The van der Waals surface area contributed by atoms with E-state index in [4.69, 9.17) is 4.74 Å². The number of benzene rings is 1. The van der Waals surface area contributed by atoms with E-state index in [0.29, 0.717) is 5.75 Å². The molecule has 5 nitrogen and oxygen atoms in total. The second kappa shape index (κ2) is 4.56. The fraction of sp³-hybridized carbons (Fsp3) is 0. The minimum Gasteiger partial charge on any atom is -0.453 e. The summed E-state index contributed by atoms with van der Waals surface area (Å²) in [6.45, 7) is 0. The van der Waals surface area contributed by atoms with E-state index < -0.39 is 10.7 Å². The number of aromatic nitrogens is 1. The lowest BCUT2D eigenvalue weighted by molar-refractivity contribution is -0.385. The first-order valence-electron chi connectivity index (χ1n) is 4.68. The topological polar surface area (TPSA) is 65.3 Å². The van der Waals surface area contributed by atoms with Gasteiger partial charge in [-0.3, -0.25) is 15.1 Å². The first-order valence-corrected chi connectivity index (χ1v) is 4.68. The van der Waals surface area contributed by atoms with Crippen LogP contribution in [0.1, 0.15) is 0 Å². The lowest BCUT2D eigenvalue weighted by atomic mass is 10.3. The summed E-state index contributed by atoms with van der Waals surface area (Å²) in [7, 11) is 0. The van der Waals surface area contributed by atoms with Crippen LogP contribution in [0, 0.1) is 15.9 Å². The highest BCUT2D eigenvalue weighted by atomic mass is 19.1. The molecule has 1 aromatic carbocycles. The smallest absolute Gasteiger partial charge is 0.272 e. The molecule has 0 saturated heterocycles. The molecule has 0 aliphatic heterocycles. The van der Waals surface area contributed by atoms with Gasteiger partial charge in [-0.1, -0.05) is 0 Å². The molecular weight excluding hydrogens is 227 g/mol. The molecule has 6 heteroatoms. The molecule has 0 unspecified atom stereocenters. The zero-order valence-corrected chi connectivity index (χ0v) is 8.54. The van der Waals surface area contributed by atoms with Crippen LogP contribution in [0.15, 0.2) is 42.7 Å². The number of non-ortho nitro benzene ring substituents is 1. The van der Waals surface area contributed by atoms with Gasteiger partial charge in [-0.05, 0) is 18.2 Å². The monoisotopic (exact) mass is 234 g/mol. The fourth-order valence-corrected chi connectivity index (χ4v) is 1.22. The van der Waals surface area contributed by atoms with Crippen LogP contribution in [0.25, 0.3) is 0 Å². The van der Waals surface area contributed by atoms with E-state index in [1.165, 1.54) is 18.3 Å². The van der Waals surface area contributed by atoms with Crippen LogP contribution in [0.4, 0.5) is 10.1 Å². The number of ether oxygens (including phenoxy) is 1. The fourth-order valence-electron chi connectivity index (χ4n) is 1.22. The number of halogens is 1. The van der Waals surface area contributed by atoms with Gasteiger partial charge in [0.2, 0.25) is 0 Å². The number of hydrogen-bond donors (Lipinski definition) is 0. The van der Waals surface area contributed by atoms with E-state index in [1.807, 2.05) is 0 Å². The predicted molar refractivity (Wildman–Crippen MR) is 57.4 cm³/mol. The Labute approximate surface area is 95.6 Å². The summed E-state index contributed by atoms with van der Waals surface area (Å²) >= 11 is 0. The number of pyridine rings is 1. The quantitative estimate of drug-likeness (QED) is 0.605. The number of rotatable bonds is 3. The first kappa shape index (κ1) is 11.0. The van der Waals surface area contributed by atoms with Crippen molar-refractivity contribution in [1.29, 1.82) is 0 Å². The second-order valence-corrected chi connectivity index (χ2v) is 3.16. The van der Waals surface area contributed by atoms with Crippen LogP contribution in [0.5, 0.6) is 11.5 Å². The molecule has 17 heavy (non-hydrogen) atoms. The molecular formula is C11H7FN2O3. The molecule has 0 N–H and O–H groups in total. The normalized spacial score (nSPS) is 9.94. The van der Waals surface area contributed by atoms with Gasteiger partial charge in [-0.15, -0.1) is 0 Å². The molecule has 86 valence electrons. The van der Waals surface area contributed by atoms with E-state index in [0.717, 1.165) is 6.07 Å². The minimum atomic E-state index is -0.789. The van der Waals surface area contributed by atoms with Crippen molar-refractivity contribution in [2.75, 3.05) is 0 Å². The third-order valence-corrected chi connectivity index (χ3v) is 1.99. The summed E-state index contributed by atoms with van der Waals surface area (Å²) in [6.07, 6.45) is 2.97. The molecule has 0 amide bonds. The summed E-state index contributed by atoms with van der Waals surface area (Å²) in [6, 6.07) is 6.44. The maximum Gasteiger partial charge on any atom is 0.272 e. The number of hydrogen-bond acceptors (Lipinski definition) is 4. The van der Waals surface area contributed by atoms with Gasteiger partial charge in [0.05, 0.1) is 17.2 Å². The summed E-state index contributed by atoms with van der Waals surface area (Å²) in [4.78, 5) is 13.5. The molecule has 0 bridgehead atoms. The summed E-state index contributed by atoms with van der Waals surface area (Å²) < 4.78 is 18.6. The van der Waals surface area contributed by atoms with Gasteiger partial charge >= 0.3 is 0 Å². The van der Waals surface area contributed by atoms with E-state index >= 15 is 0 Å². The van der Waals surface area contributed by atoms with Crippen molar-refractivity contribution in [2.45, 2.75) is 0 Å². The van der Waals surface area contributed by atoms with Crippen molar-refractivity contribution >= 4 is 5.69 Å². The summed E-state index contributed by atoms with van der Waals surface area (Å²) in [5.74, 6) is -0.507. The Hall–Kier alpha value is -2.50. The molecule has 0 atom stereocenters. The highest BCUT2D eigenvalue weighted by Gasteiger charge is 2.11. The summed E-state index contributed by atoms with van der Waals surface area (Å²) in [5, 5.41) is 10.4. The average molecular weight is 234 g/mol. The van der Waals surface area contributed by atoms with Crippen molar-refractivity contribution in [3.63, 3.8) is 0 Å². The van der Waals surface area contributed by atoms with E-state index in [1.54, 1.807) is 18.3 Å². The molecule has 2 aromatic rings. The Balaban J connectivity index is 2.26. The first-order chi connectivity index (χ1) is 8.16. The van der Waals surface area contributed by atoms with Crippen molar-refractivity contribution < 1.29 is 14.1 Å². The third kappa shape index (κ3) is 2.54. The van der Waals surface area contributed by atoms with Crippen LogP contribution in [0.3, 0.4) is 0 Å². The maximum absolute atomic E-state index is 13.4. The van der Waals surface area contributed by atoms with Crippen molar-refractivity contribution in [3.8, 4) is 11.5 Å². The predicted octanol–water partition coefficient (Wildman–Crippen LogP) is 2.92. The zero-order chi connectivity index (χ0) is 12.3. The zero-order valence-electron chi connectivity index (χ0n) is 8.54. The summed E-state index contributed by atoms with van der Waals surface area (Å²) in [5.41, 5.74) is -0.318. The second-order valence-electron chi connectivity index (χ2n) is 3.16. The van der Waals surface area contributed by atoms with Crippen molar-refractivity contribution in [1.82, 2.24) is 4.98 Å². The van der Waals surface area contributed by atoms with E-state index in [2.05, 4.69) is 4.98 Å². The standard InChI is InChI=1S/C11H7FN2O3/c12-10-6-8(14(15)16)3-4-11(10)17-9-2-1-5-13-7-9/h1-7H. The largest absolute Gasteiger partial charge is 0.453 e. The lowest BCUT2D eigenvalue weighted by Gasteiger charge is -2.05. The van der Waals surface area contributed by atoms with E-state index in [9.17, 15) is 14.5 Å². The Kier molecular flexibility index (Phi) is 2.95. The van der Waals surface area contributed by atoms with Gasteiger partial charge in [-0.25, -0.2) is 4.39 Å². The minimum absolute atomic E-state index is 0.0800. The number of nitrogens with zero attached hydrogens (tertiary/aromatic N) is 2. The Morgan fingerprint density at radius 1 is 1.35 bits per heavy atom. The van der Waals surface area contributed by atoms with Gasteiger partial charge in [0.15, 0.2) is 11.6 Å². The highest BCUT2D eigenvalue weighted by molar-refractivity contribution is 5.39. The third-order valence-electron chi connectivity index (χ3n) is 1.99. The van der Waals surface area contributed by atoms with Crippen molar-refractivity contribution in [2.24, 2.45) is 0 Å². The molecule has 2 rings (SSSR count). The number of nitro benzene ring substituents is 1. The Bertz CT molecular complexity index is 546. The Morgan fingerprint density at radius 3 is 2.76 bits per heavy atom. The van der Waals surface area contributed by atoms with Gasteiger partial charge < -0.3 is 4.74 Å². The van der Waals surface area contributed by atoms with Gasteiger partial charge in [0.25, 0.3) is 5.69 Å². The average Bonchev–Trinajstić information content (AvgIpc) is 2.33. The van der Waals surface area contributed by atoms with E-state index in [-0.39, 0.29) is 11.4 Å². The highest BCUT2D eigenvalue weighted by Crippen LogP contribution is 2.26. The number of nitro groups is 1. The van der Waals surface area contributed by atoms with Crippen molar-refractivity contribution in [3.05, 3.63) is 58.7 Å². The van der Waals surface area contributed by atoms with Gasteiger partial charge in [0.1, 0.15) is 5.75 Å². The molecule has 0 saturated carbocycles. The van der Waals surface area contributed by atoms with Gasteiger partial charge in [-0.2, -0.15) is 0 Å².